The first kappa shape index (κ1) is 19.5. The van der Waals surface area contributed by atoms with Crippen LogP contribution in [0.15, 0.2) is 12.1 Å². The van der Waals surface area contributed by atoms with Crippen LogP contribution < -0.4 is 16.0 Å². The number of halogens is 5. The molecule has 0 bridgehead atoms. The van der Waals surface area contributed by atoms with E-state index in [4.69, 9.17) is 0 Å². The van der Waals surface area contributed by atoms with Crippen molar-refractivity contribution in [3.63, 3.8) is 0 Å². The zero-order chi connectivity index (χ0) is 19.9. The largest absolute Gasteiger partial charge is 0.422 e. The van der Waals surface area contributed by atoms with Crippen molar-refractivity contribution in [1.29, 1.82) is 0 Å². The molecule has 3 rings (SSSR count). The van der Waals surface area contributed by atoms with Gasteiger partial charge >= 0.3 is 6.18 Å². The van der Waals surface area contributed by atoms with Crippen molar-refractivity contribution in [3.8, 4) is 0 Å². The molecule has 1 aliphatic heterocycles. The van der Waals surface area contributed by atoms with E-state index in [1.807, 2.05) is 0 Å². The summed E-state index contributed by atoms with van der Waals surface area (Å²) in [5, 5.41) is 8.24. The van der Waals surface area contributed by atoms with E-state index in [0.717, 1.165) is 12.8 Å². The lowest BCUT2D eigenvalue weighted by atomic mass is 10.0. The average molecular weight is 391 g/mol. The molecule has 27 heavy (non-hydrogen) atoms. The summed E-state index contributed by atoms with van der Waals surface area (Å²) in [5.74, 6) is -4.08. The summed E-state index contributed by atoms with van der Waals surface area (Å²) < 4.78 is 65.4. The van der Waals surface area contributed by atoms with Gasteiger partial charge < -0.3 is 10.6 Å². The zero-order valence-electron chi connectivity index (χ0n) is 14.3. The maximum absolute atomic E-state index is 13.7. The van der Waals surface area contributed by atoms with Crippen molar-refractivity contribution >= 4 is 11.8 Å². The molecule has 1 saturated heterocycles. The van der Waals surface area contributed by atoms with Crippen LogP contribution in [0, 0.1) is 17.6 Å². The molecule has 0 aromatic heterocycles. The van der Waals surface area contributed by atoms with Crippen LogP contribution in [0.25, 0.3) is 0 Å². The second-order valence-corrected chi connectivity index (χ2v) is 6.89. The van der Waals surface area contributed by atoms with Crippen LogP contribution in [0.1, 0.15) is 43.4 Å². The van der Waals surface area contributed by atoms with Gasteiger partial charge in [0.25, 0.3) is 0 Å². The fraction of sp³-hybridized carbons (Fsp3) is 0.529. The molecular weight excluding hydrogens is 373 g/mol. The zero-order valence-corrected chi connectivity index (χ0v) is 14.3. The molecule has 1 saturated carbocycles. The first-order chi connectivity index (χ1) is 12.6. The Morgan fingerprint density at radius 3 is 2.33 bits per heavy atom. The Labute approximate surface area is 151 Å². The smallest absolute Gasteiger partial charge is 0.348 e. The highest BCUT2D eigenvalue weighted by atomic mass is 19.4. The molecule has 1 aliphatic carbocycles. The average Bonchev–Trinajstić information content (AvgIpc) is 3.36. The molecule has 2 fully saturated rings. The summed E-state index contributed by atoms with van der Waals surface area (Å²) in [5.41, 5.74) is -2.12. The summed E-state index contributed by atoms with van der Waals surface area (Å²) in [6, 6.07) is -0.679. The fourth-order valence-electron chi connectivity index (χ4n) is 3.10. The van der Waals surface area contributed by atoms with Gasteiger partial charge in [-0.15, -0.1) is 0 Å². The molecule has 2 aliphatic rings. The summed E-state index contributed by atoms with van der Waals surface area (Å²) in [4.78, 5) is 24.2. The number of hydrogen-bond acceptors (Lipinski definition) is 3. The Bertz CT molecular complexity index is 740. The number of rotatable bonds is 4. The molecule has 0 radical (unpaired) electrons. The molecule has 0 spiro atoms. The van der Waals surface area contributed by atoms with E-state index in [0.29, 0.717) is 12.1 Å². The molecule has 1 aromatic rings. The van der Waals surface area contributed by atoms with E-state index in [1.165, 1.54) is 6.92 Å². The third-order valence-electron chi connectivity index (χ3n) is 4.70. The van der Waals surface area contributed by atoms with Crippen LogP contribution in [0.2, 0.25) is 0 Å². The van der Waals surface area contributed by atoms with Crippen LogP contribution in [0.4, 0.5) is 22.0 Å². The van der Waals surface area contributed by atoms with Gasteiger partial charge in [0, 0.05) is 0 Å². The van der Waals surface area contributed by atoms with Gasteiger partial charge in [-0.05, 0) is 43.4 Å². The van der Waals surface area contributed by atoms with Gasteiger partial charge in [0.15, 0.2) is 0 Å². The Morgan fingerprint density at radius 1 is 1.22 bits per heavy atom. The Kier molecular flexibility index (Phi) is 5.11. The number of carbonyl (C=O) groups is 2. The van der Waals surface area contributed by atoms with Crippen molar-refractivity contribution in [2.75, 3.05) is 0 Å². The van der Waals surface area contributed by atoms with Crippen LogP contribution in [0.5, 0.6) is 0 Å². The second kappa shape index (κ2) is 7.06. The molecule has 2 unspecified atom stereocenters. The van der Waals surface area contributed by atoms with E-state index in [1.54, 1.807) is 0 Å². The van der Waals surface area contributed by atoms with Crippen LogP contribution in [0.3, 0.4) is 0 Å². The minimum atomic E-state index is -5.16. The van der Waals surface area contributed by atoms with E-state index in [2.05, 4.69) is 16.0 Å². The van der Waals surface area contributed by atoms with Crippen LogP contribution in [-0.2, 0) is 15.8 Å². The molecule has 10 heteroatoms. The summed E-state index contributed by atoms with van der Waals surface area (Å²) in [6.07, 6.45) is -3.69. The monoisotopic (exact) mass is 391 g/mol. The third-order valence-corrected chi connectivity index (χ3v) is 4.70. The Hall–Kier alpha value is -2.23. The SMILES string of the molecule is C[C@@H](NC(=O)C1CC(=O)NC(C2CC2)N1)c1cc(F)c(C(F)(F)F)c(F)c1. The summed E-state index contributed by atoms with van der Waals surface area (Å²) in [6.45, 7) is 1.39. The molecule has 3 N–H and O–H groups in total. The third kappa shape index (κ3) is 4.37. The lowest BCUT2D eigenvalue weighted by Crippen LogP contribution is -2.61. The molecule has 3 atom stereocenters. The summed E-state index contributed by atoms with van der Waals surface area (Å²) >= 11 is 0. The number of benzene rings is 1. The van der Waals surface area contributed by atoms with Gasteiger partial charge in [-0.1, -0.05) is 0 Å². The van der Waals surface area contributed by atoms with E-state index in [9.17, 15) is 31.5 Å². The molecule has 5 nitrogen and oxygen atoms in total. The highest BCUT2D eigenvalue weighted by molar-refractivity contribution is 5.89. The maximum Gasteiger partial charge on any atom is 0.422 e. The standard InChI is InChI=1S/C17H18F5N3O2/c1-7(9-4-10(18)14(11(19)5-9)17(20,21)22)23-16(27)12-6-13(26)25-15(24-12)8-2-3-8/h4-5,7-8,12,15,24H,2-3,6H2,1H3,(H,23,27)(H,25,26)/t7-,12?,15?/m1/s1. The lowest BCUT2D eigenvalue weighted by Gasteiger charge is -2.31. The Balaban J connectivity index is 1.70. The van der Waals surface area contributed by atoms with Crippen molar-refractivity contribution in [1.82, 2.24) is 16.0 Å². The first-order valence-electron chi connectivity index (χ1n) is 8.48. The van der Waals surface area contributed by atoms with Crippen molar-refractivity contribution < 1.29 is 31.5 Å². The van der Waals surface area contributed by atoms with Gasteiger partial charge in [0.1, 0.15) is 17.2 Å². The van der Waals surface area contributed by atoms with Crippen LogP contribution in [-0.4, -0.2) is 24.0 Å². The highest BCUT2D eigenvalue weighted by Crippen LogP contribution is 2.35. The quantitative estimate of drug-likeness (QED) is 0.691. The Morgan fingerprint density at radius 2 is 1.81 bits per heavy atom. The van der Waals surface area contributed by atoms with Crippen LogP contribution >= 0.6 is 0 Å². The van der Waals surface area contributed by atoms with Gasteiger partial charge in [-0.3, -0.25) is 14.9 Å². The normalized spacial score (nSPS) is 24.3. The van der Waals surface area contributed by atoms with Crippen molar-refractivity contribution in [2.24, 2.45) is 5.92 Å². The minimum Gasteiger partial charge on any atom is -0.348 e. The van der Waals surface area contributed by atoms with Gasteiger partial charge in [0.2, 0.25) is 11.8 Å². The van der Waals surface area contributed by atoms with E-state index < -0.39 is 41.4 Å². The lowest BCUT2D eigenvalue weighted by molar-refractivity contribution is -0.142. The predicted molar refractivity (Wildman–Crippen MR) is 84.1 cm³/mol. The van der Waals surface area contributed by atoms with E-state index in [-0.39, 0.29) is 30.0 Å². The first-order valence-corrected chi connectivity index (χ1v) is 8.48. The maximum atomic E-state index is 13.7. The second-order valence-electron chi connectivity index (χ2n) is 6.89. The molecule has 2 amide bonds. The fourth-order valence-corrected chi connectivity index (χ4v) is 3.10. The molecule has 1 aromatic carbocycles. The molecule has 1 heterocycles. The van der Waals surface area contributed by atoms with Gasteiger partial charge in [-0.25, -0.2) is 8.78 Å². The van der Waals surface area contributed by atoms with Crippen molar-refractivity contribution in [3.05, 3.63) is 34.9 Å². The number of carbonyl (C=O) groups excluding carboxylic acids is 2. The number of alkyl halides is 3. The molecule has 148 valence electrons. The number of nitrogens with one attached hydrogen (secondary N) is 3. The van der Waals surface area contributed by atoms with Gasteiger partial charge in [-0.2, -0.15) is 13.2 Å². The van der Waals surface area contributed by atoms with Crippen molar-refractivity contribution in [2.45, 2.75) is 50.6 Å². The van der Waals surface area contributed by atoms with Gasteiger partial charge in [0.05, 0.1) is 24.7 Å². The van der Waals surface area contributed by atoms with E-state index >= 15 is 0 Å². The minimum absolute atomic E-state index is 0.0997. The summed E-state index contributed by atoms with van der Waals surface area (Å²) in [7, 11) is 0. The highest BCUT2D eigenvalue weighted by Gasteiger charge is 2.40. The number of hydrogen-bond donors (Lipinski definition) is 3. The number of amides is 2. The molecular formula is C17H18F5N3O2. The topological polar surface area (TPSA) is 70.2 Å². The predicted octanol–water partition coefficient (Wildman–Crippen LogP) is 2.38.